The largest absolute Gasteiger partial charge is 0.352 e. The lowest BCUT2D eigenvalue weighted by molar-refractivity contribution is -0.140. The van der Waals surface area contributed by atoms with E-state index in [1.54, 1.807) is 49.4 Å². The first-order valence-electron chi connectivity index (χ1n) is 13.6. The highest BCUT2D eigenvalue weighted by Crippen LogP contribution is 2.25. The minimum atomic E-state index is -4.12. The van der Waals surface area contributed by atoms with Gasteiger partial charge in [0.05, 0.1) is 10.6 Å². The van der Waals surface area contributed by atoms with Crippen LogP contribution in [0.5, 0.6) is 0 Å². The van der Waals surface area contributed by atoms with E-state index in [1.807, 2.05) is 32.9 Å². The molecule has 0 fully saturated rings. The average Bonchev–Trinajstić information content (AvgIpc) is 2.97. The number of nitrogens with zero attached hydrogens (tertiary/aromatic N) is 2. The molecule has 2 atom stereocenters. The number of anilines is 1. The van der Waals surface area contributed by atoms with E-state index >= 15 is 0 Å². The lowest BCUT2D eigenvalue weighted by Crippen LogP contribution is -2.53. The van der Waals surface area contributed by atoms with Crippen molar-refractivity contribution in [3.63, 3.8) is 0 Å². The maximum absolute atomic E-state index is 14.0. The van der Waals surface area contributed by atoms with Crippen LogP contribution in [0.1, 0.15) is 51.7 Å². The Balaban J connectivity index is 2.04. The van der Waals surface area contributed by atoms with Crippen molar-refractivity contribution in [1.29, 1.82) is 0 Å². The van der Waals surface area contributed by atoms with Crippen LogP contribution in [0.3, 0.4) is 0 Å². The van der Waals surface area contributed by atoms with Crippen LogP contribution in [-0.2, 0) is 32.6 Å². The summed E-state index contributed by atoms with van der Waals surface area (Å²) in [5.74, 6) is -1.29. The van der Waals surface area contributed by atoms with Gasteiger partial charge in [-0.25, -0.2) is 12.8 Å². The molecule has 9 heteroatoms. The molecular formula is C31H38FN3O4S. The fraction of sp³-hybridized carbons (Fsp3) is 0.355. The van der Waals surface area contributed by atoms with E-state index in [0.717, 1.165) is 16.3 Å². The summed E-state index contributed by atoms with van der Waals surface area (Å²) in [6.07, 6.45) is 1.80. The number of carbonyl (C=O) groups excluding carboxylic acids is 2. The summed E-state index contributed by atoms with van der Waals surface area (Å²) >= 11 is 0. The quantitative estimate of drug-likeness (QED) is 0.304. The molecule has 2 amide bonds. The predicted octanol–water partition coefficient (Wildman–Crippen LogP) is 5.31. The molecule has 0 aliphatic heterocycles. The van der Waals surface area contributed by atoms with Crippen molar-refractivity contribution in [2.45, 2.75) is 70.5 Å². The minimum absolute atomic E-state index is 0.0134. The van der Waals surface area contributed by atoms with Crippen molar-refractivity contribution in [2.75, 3.05) is 10.8 Å². The van der Waals surface area contributed by atoms with Gasteiger partial charge in [-0.05, 0) is 73.7 Å². The Hall–Kier alpha value is -3.72. The van der Waals surface area contributed by atoms with Crippen molar-refractivity contribution in [3.05, 3.63) is 95.8 Å². The van der Waals surface area contributed by atoms with Crippen LogP contribution in [-0.4, -0.2) is 43.8 Å². The van der Waals surface area contributed by atoms with E-state index in [0.29, 0.717) is 24.1 Å². The third-order valence-corrected chi connectivity index (χ3v) is 8.68. The number of carbonyl (C=O) groups is 2. The second kappa shape index (κ2) is 14.1. The van der Waals surface area contributed by atoms with Gasteiger partial charge in [-0.3, -0.25) is 13.9 Å². The normalized spacial score (nSPS) is 12.8. The van der Waals surface area contributed by atoms with Gasteiger partial charge in [-0.2, -0.15) is 0 Å². The first kappa shape index (κ1) is 30.8. The van der Waals surface area contributed by atoms with Crippen LogP contribution in [0, 0.1) is 5.82 Å². The molecule has 3 aromatic carbocycles. The van der Waals surface area contributed by atoms with E-state index in [2.05, 4.69) is 5.32 Å². The number of nitrogens with one attached hydrogen (secondary N) is 1. The molecule has 3 rings (SSSR count). The monoisotopic (exact) mass is 567 g/mol. The number of rotatable bonds is 13. The summed E-state index contributed by atoms with van der Waals surface area (Å²) in [5.41, 5.74) is 1.99. The van der Waals surface area contributed by atoms with E-state index in [1.165, 1.54) is 29.2 Å². The highest BCUT2D eigenvalue weighted by Gasteiger charge is 2.34. The summed E-state index contributed by atoms with van der Waals surface area (Å²) in [4.78, 5) is 28.7. The Morgan fingerprint density at radius 2 is 1.45 bits per heavy atom. The molecule has 0 aliphatic rings. The SMILES string of the molecule is CCc1ccc(N(CC(=O)N(Cc2ccc(F)cc2)[C@H](CC)C(=O)N[C@H](C)CC)S(=O)(=O)c2ccccc2)cc1. The molecular weight excluding hydrogens is 529 g/mol. The van der Waals surface area contributed by atoms with Crippen LogP contribution < -0.4 is 9.62 Å². The maximum Gasteiger partial charge on any atom is 0.264 e. The third-order valence-electron chi connectivity index (χ3n) is 6.90. The highest BCUT2D eigenvalue weighted by molar-refractivity contribution is 7.92. The van der Waals surface area contributed by atoms with E-state index < -0.39 is 34.3 Å². The van der Waals surface area contributed by atoms with Gasteiger partial charge in [0.2, 0.25) is 11.8 Å². The van der Waals surface area contributed by atoms with Crippen molar-refractivity contribution in [2.24, 2.45) is 0 Å². The second-order valence-electron chi connectivity index (χ2n) is 9.73. The number of halogens is 1. The van der Waals surface area contributed by atoms with Crippen molar-refractivity contribution in [3.8, 4) is 0 Å². The number of hydrogen-bond donors (Lipinski definition) is 1. The predicted molar refractivity (Wildman–Crippen MR) is 156 cm³/mol. The van der Waals surface area contributed by atoms with Crippen LogP contribution in [0.15, 0.2) is 83.8 Å². The lowest BCUT2D eigenvalue weighted by atomic mass is 10.1. The molecule has 40 heavy (non-hydrogen) atoms. The number of amides is 2. The summed E-state index contributed by atoms with van der Waals surface area (Å²) in [5, 5.41) is 2.94. The zero-order valence-electron chi connectivity index (χ0n) is 23.5. The molecule has 0 saturated heterocycles. The molecule has 0 bridgehead atoms. The maximum atomic E-state index is 14.0. The van der Waals surface area contributed by atoms with Crippen molar-refractivity contribution < 1.29 is 22.4 Å². The lowest BCUT2D eigenvalue weighted by Gasteiger charge is -2.33. The van der Waals surface area contributed by atoms with Crippen LogP contribution in [0.2, 0.25) is 0 Å². The summed E-state index contributed by atoms with van der Waals surface area (Å²) < 4.78 is 42.4. The molecule has 0 heterocycles. The molecule has 0 spiro atoms. The average molecular weight is 568 g/mol. The Labute approximate surface area is 237 Å². The van der Waals surface area contributed by atoms with E-state index in [4.69, 9.17) is 0 Å². The molecule has 0 unspecified atom stereocenters. The molecule has 0 aliphatic carbocycles. The van der Waals surface area contributed by atoms with Crippen LogP contribution in [0.4, 0.5) is 10.1 Å². The molecule has 0 radical (unpaired) electrons. The Kier molecular flexibility index (Phi) is 10.8. The van der Waals surface area contributed by atoms with Gasteiger partial charge in [0.25, 0.3) is 10.0 Å². The molecule has 0 aromatic heterocycles. The van der Waals surface area contributed by atoms with Gasteiger partial charge >= 0.3 is 0 Å². The topological polar surface area (TPSA) is 86.8 Å². The number of aryl methyl sites for hydroxylation is 1. The molecule has 7 nitrogen and oxygen atoms in total. The third kappa shape index (κ3) is 7.69. The number of hydrogen-bond acceptors (Lipinski definition) is 4. The fourth-order valence-electron chi connectivity index (χ4n) is 4.29. The molecule has 1 N–H and O–H groups in total. The van der Waals surface area contributed by atoms with E-state index in [9.17, 15) is 22.4 Å². The number of benzene rings is 3. The Bertz CT molecular complexity index is 1360. The summed E-state index contributed by atoms with van der Waals surface area (Å²) in [6.45, 7) is 7.12. The van der Waals surface area contributed by atoms with Gasteiger partial charge in [0.1, 0.15) is 18.4 Å². The second-order valence-corrected chi connectivity index (χ2v) is 11.6. The zero-order chi connectivity index (χ0) is 29.3. The fourth-order valence-corrected chi connectivity index (χ4v) is 5.73. The van der Waals surface area contributed by atoms with Gasteiger partial charge in [-0.1, -0.05) is 63.2 Å². The minimum Gasteiger partial charge on any atom is -0.352 e. The standard InChI is InChI=1S/C31H38FN3O4S/c1-5-23(4)33-31(37)29(7-3)34(21-25-13-17-26(32)18-14-25)30(36)22-35(27-19-15-24(6-2)16-20-27)40(38,39)28-11-9-8-10-12-28/h8-20,23,29H,5-7,21-22H2,1-4H3,(H,33,37)/t23-,29-/m1/s1. The van der Waals surface area contributed by atoms with Gasteiger partial charge in [0, 0.05) is 12.6 Å². The van der Waals surface area contributed by atoms with Gasteiger partial charge in [-0.15, -0.1) is 0 Å². The van der Waals surface area contributed by atoms with Crippen LogP contribution >= 0.6 is 0 Å². The first-order valence-corrected chi connectivity index (χ1v) is 15.1. The smallest absolute Gasteiger partial charge is 0.264 e. The van der Waals surface area contributed by atoms with Crippen molar-refractivity contribution >= 4 is 27.5 Å². The number of sulfonamides is 1. The van der Waals surface area contributed by atoms with E-state index in [-0.39, 0.29) is 23.4 Å². The van der Waals surface area contributed by atoms with Gasteiger partial charge in [0.15, 0.2) is 0 Å². The van der Waals surface area contributed by atoms with Crippen molar-refractivity contribution in [1.82, 2.24) is 10.2 Å². The Morgan fingerprint density at radius 3 is 2.00 bits per heavy atom. The Morgan fingerprint density at radius 1 is 0.850 bits per heavy atom. The van der Waals surface area contributed by atoms with Crippen LogP contribution in [0.25, 0.3) is 0 Å². The summed E-state index contributed by atoms with van der Waals surface area (Å²) in [6, 6.07) is 19.7. The van der Waals surface area contributed by atoms with Gasteiger partial charge < -0.3 is 10.2 Å². The molecule has 0 saturated carbocycles. The zero-order valence-corrected chi connectivity index (χ0v) is 24.3. The molecule has 214 valence electrons. The summed E-state index contributed by atoms with van der Waals surface area (Å²) in [7, 11) is -4.12. The molecule has 3 aromatic rings. The highest BCUT2D eigenvalue weighted by atomic mass is 32.2. The first-order chi connectivity index (χ1) is 19.1.